The van der Waals surface area contributed by atoms with Crippen LogP contribution in [0.15, 0.2) is 16.6 Å². The third-order valence-corrected chi connectivity index (χ3v) is 3.88. The van der Waals surface area contributed by atoms with Crippen LogP contribution in [-0.2, 0) is 6.42 Å². The molecule has 0 bridgehead atoms. The molecule has 0 aliphatic carbocycles. The number of benzene rings is 1. The Labute approximate surface area is 98.2 Å². The first-order chi connectivity index (χ1) is 7.18. The lowest BCUT2D eigenvalue weighted by molar-refractivity contribution is 0.567. The number of halogens is 2. The molecule has 1 saturated heterocycles. The van der Waals surface area contributed by atoms with Crippen LogP contribution in [0.5, 0.6) is 0 Å². The molecule has 0 aromatic heterocycles. The van der Waals surface area contributed by atoms with Gasteiger partial charge in [0.05, 0.1) is 4.47 Å². The Morgan fingerprint density at radius 3 is 3.00 bits per heavy atom. The van der Waals surface area contributed by atoms with Crippen LogP contribution in [0.4, 0.5) is 4.39 Å². The first kappa shape index (κ1) is 11.1. The summed E-state index contributed by atoms with van der Waals surface area (Å²) in [6.45, 7) is 3.94. The van der Waals surface area contributed by atoms with Crippen LogP contribution in [0.3, 0.4) is 0 Å². The van der Waals surface area contributed by atoms with Gasteiger partial charge in [0.15, 0.2) is 0 Å². The van der Waals surface area contributed by atoms with Gasteiger partial charge in [0, 0.05) is 0 Å². The van der Waals surface area contributed by atoms with Crippen molar-refractivity contribution in [3.05, 3.63) is 33.5 Å². The first-order valence-corrected chi connectivity index (χ1v) is 6.12. The van der Waals surface area contributed by atoms with Crippen LogP contribution in [0, 0.1) is 18.7 Å². The van der Waals surface area contributed by atoms with Crippen molar-refractivity contribution >= 4 is 15.9 Å². The molecule has 0 amide bonds. The molecule has 15 heavy (non-hydrogen) atoms. The highest BCUT2D eigenvalue weighted by molar-refractivity contribution is 9.10. The van der Waals surface area contributed by atoms with Crippen molar-refractivity contribution in [1.29, 1.82) is 0 Å². The molecular formula is C12H15BrFN. The second-order valence-electron chi connectivity index (χ2n) is 4.23. The van der Waals surface area contributed by atoms with E-state index in [9.17, 15) is 4.39 Å². The van der Waals surface area contributed by atoms with Gasteiger partial charge in [0.1, 0.15) is 5.82 Å². The maximum atomic E-state index is 13.6. The summed E-state index contributed by atoms with van der Waals surface area (Å²) in [7, 11) is 0. The zero-order chi connectivity index (χ0) is 10.8. The molecule has 1 N–H and O–H groups in total. The maximum Gasteiger partial charge on any atom is 0.140 e. The summed E-state index contributed by atoms with van der Waals surface area (Å²) in [5, 5.41) is 3.33. The monoisotopic (exact) mass is 271 g/mol. The topological polar surface area (TPSA) is 12.0 Å². The van der Waals surface area contributed by atoms with E-state index >= 15 is 0 Å². The molecule has 1 fully saturated rings. The summed E-state index contributed by atoms with van der Waals surface area (Å²) in [6.07, 6.45) is 2.16. The molecule has 1 nitrogen and oxygen atoms in total. The fourth-order valence-corrected chi connectivity index (χ4v) is 2.65. The highest BCUT2D eigenvalue weighted by Gasteiger charge is 2.17. The molecule has 1 aromatic rings. The molecule has 82 valence electrons. The maximum absolute atomic E-state index is 13.6. The highest BCUT2D eigenvalue weighted by atomic mass is 79.9. The lowest BCUT2D eigenvalue weighted by atomic mass is 9.98. The molecule has 1 atom stereocenters. The minimum absolute atomic E-state index is 0.113. The normalized spacial score (nSPS) is 20.9. The Bertz CT molecular complexity index is 359. The molecule has 1 unspecified atom stereocenters. The van der Waals surface area contributed by atoms with Crippen molar-refractivity contribution in [3.63, 3.8) is 0 Å². The Morgan fingerprint density at radius 1 is 1.53 bits per heavy atom. The molecule has 1 aromatic carbocycles. The van der Waals surface area contributed by atoms with Gasteiger partial charge in [0.25, 0.3) is 0 Å². The summed E-state index contributed by atoms with van der Waals surface area (Å²) >= 11 is 3.34. The lowest BCUT2D eigenvalue weighted by Gasteiger charge is -2.11. The summed E-state index contributed by atoms with van der Waals surface area (Å²) in [5.74, 6) is 0.543. The third kappa shape index (κ3) is 2.40. The fourth-order valence-electron chi connectivity index (χ4n) is 2.04. The highest BCUT2D eigenvalue weighted by Crippen LogP contribution is 2.26. The van der Waals surface area contributed by atoms with E-state index in [0.29, 0.717) is 16.0 Å². The van der Waals surface area contributed by atoms with Gasteiger partial charge >= 0.3 is 0 Å². The van der Waals surface area contributed by atoms with Crippen LogP contribution < -0.4 is 5.32 Å². The number of aryl methyl sites for hydroxylation is 1. The van der Waals surface area contributed by atoms with Crippen LogP contribution in [-0.4, -0.2) is 13.1 Å². The lowest BCUT2D eigenvalue weighted by Crippen LogP contribution is -2.11. The van der Waals surface area contributed by atoms with E-state index in [1.807, 2.05) is 12.1 Å². The van der Waals surface area contributed by atoms with E-state index in [1.54, 1.807) is 6.92 Å². The van der Waals surface area contributed by atoms with E-state index < -0.39 is 0 Å². The molecule has 2 rings (SSSR count). The molecule has 1 aliphatic heterocycles. The van der Waals surface area contributed by atoms with Gasteiger partial charge in [0.2, 0.25) is 0 Å². The molecule has 3 heteroatoms. The quantitative estimate of drug-likeness (QED) is 0.872. The largest absolute Gasteiger partial charge is 0.316 e. The standard InChI is InChI=1S/C12H15BrFN/c1-8-2-3-10(11(13)12(8)14)6-9-4-5-15-7-9/h2-3,9,15H,4-7H2,1H3. The van der Waals surface area contributed by atoms with Gasteiger partial charge < -0.3 is 5.32 Å². The van der Waals surface area contributed by atoms with E-state index in [1.165, 1.54) is 6.42 Å². The third-order valence-electron chi connectivity index (χ3n) is 3.03. The van der Waals surface area contributed by atoms with Crippen molar-refractivity contribution in [1.82, 2.24) is 5.32 Å². The Hall–Kier alpha value is -0.410. The number of rotatable bonds is 2. The summed E-state index contributed by atoms with van der Waals surface area (Å²) in [6, 6.07) is 3.89. The van der Waals surface area contributed by atoms with Gasteiger partial charge in [-0.2, -0.15) is 0 Å². The number of hydrogen-bond acceptors (Lipinski definition) is 1. The van der Waals surface area contributed by atoms with Gasteiger partial charge in [-0.15, -0.1) is 0 Å². The van der Waals surface area contributed by atoms with Crippen LogP contribution >= 0.6 is 15.9 Å². The van der Waals surface area contributed by atoms with Crippen LogP contribution in [0.1, 0.15) is 17.5 Å². The minimum atomic E-state index is -0.113. The summed E-state index contributed by atoms with van der Waals surface area (Å²) in [5.41, 5.74) is 1.79. The summed E-state index contributed by atoms with van der Waals surface area (Å²) in [4.78, 5) is 0. The smallest absolute Gasteiger partial charge is 0.140 e. The van der Waals surface area contributed by atoms with Crippen molar-refractivity contribution in [2.75, 3.05) is 13.1 Å². The molecule has 1 heterocycles. The minimum Gasteiger partial charge on any atom is -0.316 e. The van der Waals surface area contributed by atoms with Gasteiger partial charge in [-0.3, -0.25) is 0 Å². The van der Waals surface area contributed by atoms with Gasteiger partial charge in [-0.05, 0) is 65.8 Å². The van der Waals surface area contributed by atoms with Crippen molar-refractivity contribution in [3.8, 4) is 0 Å². The second-order valence-corrected chi connectivity index (χ2v) is 5.03. The SMILES string of the molecule is Cc1ccc(CC2CCNC2)c(Br)c1F. The first-order valence-electron chi connectivity index (χ1n) is 5.32. The van der Waals surface area contributed by atoms with Crippen LogP contribution in [0.2, 0.25) is 0 Å². The average molecular weight is 272 g/mol. The Kier molecular flexibility index (Phi) is 3.42. The van der Waals surface area contributed by atoms with Gasteiger partial charge in [-0.1, -0.05) is 12.1 Å². The van der Waals surface area contributed by atoms with Crippen LogP contribution in [0.25, 0.3) is 0 Å². The summed E-state index contributed by atoms with van der Waals surface area (Å²) < 4.78 is 14.3. The van der Waals surface area contributed by atoms with E-state index in [0.717, 1.165) is 25.1 Å². The number of nitrogens with one attached hydrogen (secondary N) is 1. The molecular weight excluding hydrogens is 257 g/mol. The number of hydrogen-bond donors (Lipinski definition) is 1. The molecule has 1 aliphatic rings. The molecule has 0 spiro atoms. The van der Waals surface area contributed by atoms with Gasteiger partial charge in [-0.25, -0.2) is 4.39 Å². The zero-order valence-corrected chi connectivity index (χ0v) is 10.4. The van der Waals surface area contributed by atoms with Crippen molar-refractivity contribution in [2.24, 2.45) is 5.92 Å². The van der Waals surface area contributed by atoms with Crippen molar-refractivity contribution in [2.45, 2.75) is 19.8 Å². The Morgan fingerprint density at radius 2 is 2.33 bits per heavy atom. The zero-order valence-electron chi connectivity index (χ0n) is 8.82. The average Bonchev–Trinajstić information content (AvgIpc) is 2.72. The van der Waals surface area contributed by atoms with E-state index in [-0.39, 0.29) is 5.82 Å². The fraction of sp³-hybridized carbons (Fsp3) is 0.500. The van der Waals surface area contributed by atoms with Crippen molar-refractivity contribution < 1.29 is 4.39 Å². The Balaban J connectivity index is 2.17. The molecule has 0 radical (unpaired) electrons. The predicted octanol–water partition coefficient (Wildman–Crippen LogP) is 3.05. The predicted molar refractivity (Wildman–Crippen MR) is 63.5 cm³/mol. The van der Waals surface area contributed by atoms with E-state index in [2.05, 4.69) is 21.2 Å². The molecule has 0 saturated carbocycles. The second kappa shape index (κ2) is 4.62. The van der Waals surface area contributed by atoms with E-state index in [4.69, 9.17) is 0 Å².